The summed E-state index contributed by atoms with van der Waals surface area (Å²) in [6.07, 6.45) is 0. The van der Waals surface area contributed by atoms with Gasteiger partial charge in [0, 0.05) is 69.4 Å². The fraction of sp³-hybridized carbons (Fsp3) is 0.944. The molecule has 0 bridgehead atoms. The Kier molecular flexibility index (Phi) is 10.4. The highest BCUT2D eigenvalue weighted by Crippen LogP contribution is 2.29. The molecule has 2 aliphatic heterocycles. The lowest BCUT2D eigenvalue weighted by Crippen LogP contribution is -2.51. The molecule has 2 rings (SSSR count). The first kappa shape index (κ1) is 23.3. The van der Waals surface area contributed by atoms with Crippen LogP contribution in [0.2, 0.25) is 0 Å². The molecule has 5 nitrogen and oxygen atoms in total. The second kappa shape index (κ2) is 11.2. The molecule has 0 radical (unpaired) electrons. The topological polar surface area (TPSA) is 34.1 Å². The molecule has 1 unspecified atom stereocenters. The van der Waals surface area contributed by atoms with Gasteiger partial charge in [-0.15, -0.1) is 24.0 Å². The van der Waals surface area contributed by atoms with Crippen LogP contribution in [0.15, 0.2) is 4.99 Å². The largest absolute Gasteiger partial charge is 0.357 e. The Hall–Kier alpha value is 0.270. The van der Waals surface area contributed by atoms with Gasteiger partial charge in [-0.1, -0.05) is 6.92 Å². The van der Waals surface area contributed by atoms with Crippen molar-refractivity contribution in [1.29, 1.82) is 0 Å². The van der Waals surface area contributed by atoms with E-state index in [1.165, 1.54) is 31.9 Å². The molecule has 0 aromatic carbocycles. The number of likely N-dealkylation sites (N-methyl/N-ethyl adjacent to an activating group) is 1. The van der Waals surface area contributed by atoms with Crippen molar-refractivity contribution >= 4 is 41.7 Å². The van der Waals surface area contributed by atoms with Crippen molar-refractivity contribution < 1.29 is 0 Å². The number of rotatable bonds is 5. The molecule has 2 fully saturated rings. The Balaban J connectivity index is 0.00000312. The van der Waals surface area contributed by atoms with Crippen LogP contribution in [0.1, 0.15) is 27.7 Å². The number of piperazine rings is 1. The van der Waals surface area contributed by atoms with Crippen LogP contribution < -0.4 is 5.32 Å². The highest BCUT2D eigenvalue weighted by Gasteiger charge is 2.28. The summed E-state index contributed by atoms with van der Waals surface area (Å²) in [5, 5.41) is 3.50. The summed E-state index contributed by atoms with van der Waals surface area (Å²) in [5.74, 6) is 2.90. The van der Waals surface area contributed by atoms with E-state index in [2.05, 4.69) is 66.5 Å². The third-order valence-electron chi connectivity index (χ3n) is 4.78. The molecule has 2 heterocycles. The Morgan fingerprint density at radius 3 is 2.48 bits per heavy atom. The number of nitrogens with one attached hydrogen (secondary N) is 1. The van der Waals surface area contributed by atoms with Crippen LogP contribution in [0.4, 0.5) is 0 Å². The van der Waals surface area contributed by atoms with Gasteiger partial charge < -0.3 is 20.0 Å². The lowest BCUT2D eigenvalue weighted by atomic mass is 10.1. The summed E-state index contributed by atoms with van der Waals surface area (Å²) in [6, 6.07) is 0. The first-order valence-electron chi connectivity index (χ1n) is 9.48. The Labute approximate surface area is 176 Å². The zero-order chi connectivity index (χ0) is 17.6. The van der Waals surface area contributed by atoms with Gasteiger partial charge in [-0.05, 0) is 33.7 Å². The fourth-order valence-corrected chi connectivity index (χ4v) is 4.51. The number of nitrogens with zero attached hydrogens (tertiary/aromatic N) is 4. The standard InChI is InChI=1S/C18H37N5S.HI/c1-6-19-17(23-11-12-24-18(3,4)15-23)20-13-16(2)14-22-9-7-21(5)8-10-22;/h16H,6-15H2,1-5H3,(H,19,20);1H. The summed E-state index contributed by atoms with van der Waals surface area (Å²) in [5.41, 5.74) is 0. The van der Waals surface area contributed by atoms with Crippen LogP contribution in [0.25, 0.3) is 0 Å². The monoisotopic (exact) mass is 483 g/mol. The number of halogens is 1. The smallest absolute Gasteiger partial charge is 0.193 e. The number of guanidine groups is 1. The third kappa shape index (κ3) is 8.22. The van der Waals surface area contributed by atoms with Crippen LogP contribution in [-0.4, -0.2) is 97.1 Å². The zero-order valence-corrected chi connectivity index (χ0v) is 19.9. The van der Waals surface area contributed by atoms with E-state index < -0.39 is 0 Å². The maximum absolute atomic E-state index is 4.97. The molecule has 2 saturated heterocycles. The van der Waals surface area contributed by atoms with Crippen molar-refractivity contribution in [2.24, 2.45) is 10.9 Å². The number of hydrogen-bond donors (Lipinski definition) is 1. The Morgan fingerprint density at radius 2 is 1.88 bits per heavy atom. The van der Waals surface area contributed by atoms with E-state index in [4.69, 9.17) is 4.99 Å². The van der Waals surface area contributed by atoms with Gasteiger partial charge in [-0.25, -0.2) is 0 Å². The Morgan fingerprint density at radius 1 is 1.20 bits per heavy atom. The molecule has 1 N–H and O–H groups in total. The predicted octanol–water partition coefficient (Wildman–Crippen LogP) is 2.28. The quantitative estimate of drug-likeness (QED) is 0.369. The lowest BCUT2D eigenvalue weighted by molar-refractivity contribution is 0.140. The average Bonchev–Trinajstić information content (AvgIpc) is 2.52. The van der Waals surface area contributed by atoms with E-state index in [0.717, 1.165) is 38.7 Å². The van der Waals surface area contributed by atoms with E-state index in [1.54, 1.807) is 0 Å². The summed E-state index contributed by atoms with van der Waals surface area (Å²) in [7, 11) is 2.21. The van der Waals surface area contributed by atoms with Crippen molar-refractivity contribution in [3.05, 3.63) is 0 Å². The first-order valence-corrected chi connectivity index (χ1v) is 10.5. The van der Waals surface area contributed by atoms with Crippen LogP contribution in [-0.2, 0) is 0 Å². The van der Waals surface area contributed by atoms with E-state index in [9.17, 15) is 0 Å². The lowest BCUT2D eigenvalue weighted by Gasteiger charge is -2.39. The van der Waals surface area contributed by atoms with E-state index in [1.807, 2.05) is 0 Å². The third-order valence-corrected chi connectivity index (χ3v) is 6.08. The van der Waals surface area contributed by atoms with Crippen molar-refractivity contribution in [3.8, 4) is 0 Å². The minimum absolute atomic E-state index is 0. The Bertz CT molecular complexity index is 410. The van der Waals surface area contributed by atoms with Crippen LogP contribution in [0.5, 0.6) is 0 Å². The molecule has 0 saturated carbocycles. The van der Waals surface area contributed by atoms with Gasteiger partial charge in [0.25, 0.3) is 0 Å². The molecule has 0 amide bonds. The predicted molar refractivity (Wildman–Crippen MR) is 123 cm³/mol. The van der Waals surface area contributed by atoms with Crippen molar-refractivity contribution in [3.63, 3.8) is 0 Å². The van der Waals surface area contributed by atoms with Gasteiger partial charge >= 0.3 is 0 Å². The normalized spacial score (nSPS) is 23.9. The molecule has 0 aromatic rings. The molecule has 25 heavy (non-hydrogen) atoms. The van der Waals surface area contributed by atoms with Gasteiger partial charge in [0.15, 0.2) is 5.96 Å². The SMILES string of the molecule is CCNC(=NCC(C)CN1CCN(C)CC1)N1CCSC(C)(C)C1.I. The zero-order valence-electron chi connectivity index (χ0n) is 16.8. The average molecular weight is 484 g/mol. The van der Waals surface area contributed by atoms with E-state index >= 15 is 0 Å². The van der Waals surface area contributed by atoms with Crippen molar-refractivity contribution in [2.45, 2.75) is 32.4 Å². The molecular weight excluding hydrogens is 445 g/mol. The molecule has 0 spiro atoms. The van der Waals surface area contributed by atoms with Gasteiger partial charge in [0.1, 0.15) is 0 Å². The van der Waals surface area contributed by atoms with Gasteiger partial charge in [-0.3, -0.25) is 4.99 Å². The minimum atomic E-state index is 0. The molecule has 1 atom stereocenters. The second-order valence-corrected chi connectivity index (χ2v) is 9.74. The molecular formula is C18H38IN5S. The van der Waals surface area contributed by atoms with Gasteiger partial charge in [0.2, 0.25) is 0 Å². The molecule has 0 aliphatic carbocycles. The van der Waals surface area contributed by atoms with Crippen molar-refractivity contribution in [2.75, 3.05) is 71.7 Å². The summed E-state index contributed by atoms with van der Waals surface area (Å²) >= 11 is 2.07. The molecule has 148 valence electrons. The first-order chi connectivity index (χ1) is 11.4. The molecule has 7 heteroatoms. The van der Waals surface area contributed by atoms with Crippen molar-refractivity contribution in [1.82, 2.24) is 20.0 Å². The highest BCUT2D eigenvalue weighted by atomic mass is 127. The maximum atomic E-state index is 4.97. The van der Waals surface area contributed by atoms with Crippen LogP contribution in [0, 0.1) is 5.92 Å². The maximum Gasteiger partial charge on any atom is 0.193 e. The number of aliphatic imine (C=N–C) groups is 1. The van der Waals surface area contributed by atoms with Crippen LogP contribution >= 0.6 is 35.7 Å². The number of thioether (sulfide) groups is 1. The van der Waals surface area contributed by atoms with Gasteiger partial charge in [0.05, 0.1) is 0 Å². The summed E-state index contributed by atoms with van der Waals surface area (Å²) < 4.78 is 0.319. The second-order valence-electron chi connectivity index (χ2n) is 7.93. The minimum Gasteiger partial charge on any atom is -0.357 e. The molecule has 2 aliphatic rings. The number of hydrogen-bond acceptors (Lipinski definition) is 4. The van der Waals surface area contributed by atoms with Crippen LogP contribution in [0.3, 0.4) is 0 Å². The van der Waals surface area contributed by atoms with Gasteiger partial charge in [-0.2, -0.15) is 11.8 Å². The summed E-state index contributed by atoms with van der Waals surface area (Å²) in [4.78, 5) is 12.4. The van der Waals surface area contributed by atoms with E-state index in [0.29, 0.717) is 10.7 Å². The molecule has 0 aromatic heterocycles. The highest BCUT2D eigenvalue weighted by molar-refractivity contribution is 14.0. The summed E-state index contributed by atoms with van der Waals surface area (Å²) in [6.45, 7) is 19.2. The fourth-order valence-electron chi connectivity index (χ4n) is 3.39. The van der Waals surface area contributed by atoms with E-state index in [-0.39, 0.29) is 24.0 Å².